The summed E-state index contributed by atoms with van der Waals surface area (Å²) in [7, 11) is 0. The largest absolute Gasteiger partial charge is 0.381 e. The van der Waals surface area contributed by atoms with Crippen LogP contribution in [0.1, 0.15) is 5.56 Å². The molecule has 0 fully saturated rings. The molecule has 0 amide bonds. The van der Waals surface area contributed by atoms with Crippen LogP contribution in [-0.4, -0.2) is 4.98 Å². The van der Waals surface area contributed by atoms with Crippen molar-refractivity contribution in [3.8, 4) is 0 Å². The first-order valence-electron chi connectivity index (χ1n) is 6.24. The maximum absolute atomic E-state index is 5.99. The summed E-state index contributed by atoms with van der Waals surface area (Å²) < 4.78 is 0. The predicted octanol–water partition coefficient (Wildman–Crippen LogP) is 5.15. The number of hydrogen-bond donors (Lipinski definition) is 1. The van der Waals surface area contributed by atoms with Gasteiger partial charge in [0.05, 0.1) is 0 Å². The Morgan fingerprint density at radius 1 is 1.00 bits per heavy atom. The van der Waals surface area contributed by atoms with Gasteiger partial charge in [0.2, 0.25) is 0 Å². The minimum atomic E-state index is 0.627. The van der Waals surface area contributed by atoms with Gasteiger partial charge in [-0.05, 0) is 35.2 Å². The summed E-state index contributed by atoms with van der Waals surface area (Å²) in [5, 5.41) is 6.93. The van der Waals surface area contributed by atoms with Crippen LogP contribution in [0.15, 0.2) is 54.9 Å². The molecule has 0 saturated heterocycles. The standard InChI is InChI=1S/C16H12Cl2N2/c17-13-6-14(18)8-15(7-13)20-10-12-3-1-2-11-9-19-5-4-16(11)12/h1-9,20H,10H2. The zero-order chi connectivity index (χ0) is 13.9. The lowest BCUT2D eigenvalue weighted by atomic mass is 10.1. The fourth-order valence-electron chi connectivity index (χ4n) is 2.20. The van der Waals surface area contributed by atoms with Crippen molar-refractivity contribution in [3.63, 3.8) is 0 Å². The van der Waals surface area contributed by atoms with E-state index < -0.39 is 0 Å². The number of nitrogens with zero attached hydrogens (tertiary/aromatic N) is 1. The number of benzene rings is 2. The second-order valence-electron chi connectivity index (χ2n) is 4.53. The molecule has 3 aromatic rings. The molecule has 0 aliphatic rings. The smallest absolute Gasteiger partial charge is 0.0441 e. The molecule has 0 radical (unpaired) electrons. The first-order valence-corrected chi connectivity index (χ1v) is 6.99. The maximum atomic E-state index is 5.99. The average molecular weight is 303 g/mol. The SMILES string of the molecule is Clc1cc(Cl)cc(NCc2cccc3cnccc23)c1. The van der Waals surface area contributed by atoms with Gasteiger partial charge in [0, 0.05) is 40.1 Å². The van der Waals surface area contributed by atoms with Gasteiger partial charge >= 0.3 is 0 Å². The highest BCUT2D eigenvalue weighted by atomic mass is 35.5. The highest BCUT2D eigenvalue weighted by Crippen LogP contribution is 2.24. The zero-order valence-corrected chi connectivity index (χ0v) is 12.1. The summed E-state index contributed by atoms with van der Waals surface area (Å²) >= 11 is 12.0. The van der Waals surface area contributed by atoms with Crippen molar-refractivity contribution in [2.75, 3.05) is 5.32 Å². The summed E-state index contributed by atoms with van der Waals surface area (Å²) in [6.45, 7) is 0.706. The molecule has 0 saturated carbocycles. The topological polar surface area (TPSA) is 24.9 Å². The average Bonchev–Trinajstić information content (AvgIpc) is 2.44. The normalized spacial score (nSPS) is 10.7. The van der Waals surface area contributed by atoms with E-state index in [4.69, 9.17) is 23.2 Å². The van der Waals surface area contributed by atoms with E-state index in [2.05, 4.69) is 22.4 Å². The molecule has 0 unspecified atom stereocenters. The fraction of sp³-hybridized carbons (Fsp3) is 0.0625. The molecule has 2 nitrogen and oxygen atoms in total. The van der Waals surface area contributed by atoms with E-state index in [-0.39, 0.29) is 0 Å². The molecule has 0 aliphatic carbocycles. The molecular weight excluding hydrogens is 291 g/mol. The number of anilines is 1. The van der Waals surface area contributed by atoms with Crippen molar-refractivity contribution < 1.29 is 0 Å². The molecule has 4 heteroatoms. The lowest BCUT2D eigenvalue weighted by Gasteiger charge is -2.10. The predicted molar refractivity (Wildman–Crippen MR) is 85.5 cm³/mol. The second kappa shape index (κ2) is 5.70. The highest BCUT2D eigenvalue weighted by molar-refractivity contribution is 6.35. The minimum absolute atomic E-state index is 0.627. The van der Waals surface area contributed by atoms with Crippen molar-refractivity contribution in [2.24, 2.45) is 0 Å². The molecule has 0 spiro atoms. The van der Waals surface area contributed by atoms with Crippen LogP contribution in [0.4, 0.5) is 5.69 Å². The summed E-state index contributed by atoms with van der Waals surface area (Å²) in [4.78, 5) is 4.14. The first-order chi connectivity index (χ1) is 9.72. The van der Waals surface area contributed by atoms with Crippen LogP contribution in [-0.2, 0) is 6.54 Å². The van der Waals surface area contributed by atoms with Crippen LogP contribution >= 0.6 is 23.2 Å². The second-order valence-corrected chi connectivity index (χ2v) is 5.40. The Morgan fingerprint density at radius 2 is 1.80 bits per heavy atom. The molecular formula is C16H12Cl2N2. The van der Waals surface area contributed by atoms with Crippen molar-refractivity contribution in [3.05, 3.63) is 70.5 Å². The van der Waals surface area contributed by atoms with Gasteiger partial charge in [0.25, 0.3) is 0 Å². The summed E-state index contributed by atoms with van der Waals surface area (Å²) in [5.74, 6) is 0. The third-order valence-corrected chi connectivity index (χ3v) is 3.55. The third-order valence-electron chi connectivity index (χ3n) is 3.12. The number of rotatable bonds is 3. The molecule has 20 heavy (non-hydrogen) atoms. The van der Waals surface area contributed by atoms with E-state index >= 15 is 0 Å². The van der Waals surface area contributed by atoms with Crippen LogP contribution in [0.5, 0.6) is 0 Å². The Labute approximate surface area is 127 Å². The van der Waals surface area contributed by atoms with E-state index in [1.54, 1.807) is 6.07 Å². The van der Waals surface area contributed by atoms with Gasteiger partial charge < -0.3 is 5.32 Å². The zero-order valence-electron chi connectivity index (χ0n) is 10.6. The van der Waals surface area contributed by atoms with Gasteiger partial charge in [-0.1, -0.05) is 41.4 Å². The van der Waals surface area contributed by atoms with E-state index in [9.17, 15) is 0 Å². The Morgan fingerprint density at radius 3 is 2.60 bits per heavy atom. The van der Waals surface area contributed by atoms with Gasteiger partial charge in [0.15, 0.2) is 0 Å². The molecule has 0 aliphatic heterocycles. The minimum Gasteiger partial charge on any atom is -0.381 e. The van der Waals surface area contributed by atoms with Gasteiger partial charge in [0.1, 0.15) is 0 Å². The van der Waals surface area contributed by atoms with E-state index in [0.29, 0.717) is 16.6 Å². The Balaban J connectivity index is 1.87. The lowest BCUT2D eigenvalue weighted by molar-refractivity contribution is 1.17. The third kappa shape index (κ3) is 2.87. The summed E-state index contributed by atoms with van der Waals surface area (Å²) in [6.07, 6.45) is 3.68. The van der Waals surface area contributed by atoms with E-state index in [0.717, 1.165) is 11.1 Å². The monoisotopic (exact) mass is 302 g/mol. The molecule has 2 aromatic carbocycles. The number of nitrogens with one attached hydrogen (secondary N) is 1. The number of aromatic nitrogens is 1. The van der Waals surface area contributed by atoms with Crippen LogP contribution in [0.25, 0.3) is 10.8 Å². The number of halogens is 2. The van der Waals surface area contributed by atoms with Crippen molar-refractivity contribution >= 4 is 39.7 Å². The van der Waals surface area contributed by atoms with Crippen molar-refractivity contribution in [2.45, 2.75) is 6.54 Å². The Kier molecular flexibility index (Phi) is 3.77. The Bertz CT molecular complexity index is 731. The van der Waals surface area contributed by atoms with Gasteiger partial charge in [-0.25, -0.2) is 0 Å². The van der Waals surface area contributed by atoms with E-state index in [1.807, 2.05) is 36.7 Å². The molecule has 1 N–H and O–H groups in total. The molecule has 0 bridgehead atoms. The van der Waals surface area contributed by atoms with Crippen molar-refractivity contribution in [1.82, 2.24) is 4.98 Å². The van der Waals surface area contributed by atoms with E-state index in [1.165, 1.54) is 10.9 Å². The first kappa shape index (κ1) is 13.2. The van der Waals surface area contributed by atoms with Crippen LogP contribution in [0, 0.1) is 0 Å². The quantitative estimate of drug-likeness (QED) is 0.723. The number of hydrogen-bond acceptors (Lipinski definition) is 2. The van der Waals surface area contributed by atoms with Crippen LogP contribution in [0.3, 0.4) is 0 Å². The lowest BCUT2D eigenvalue weighted by Crippen LogP contribution is -2.00. The maximum Gasteiger partial charge on any atom is 0.0441 e. The molecule has 0 atom stereocenters. The summed E-state index contributed by atoms with van der Waals surface area (Å²) in [6, 6.07) is 13.7. The molecule has 3 rings (SSSR count). The fourth-order valence-corrected chi connectivity index (χ4v) is 2.72. The van der Waals surface area contributed by atoms with Gasteiger partial charge in [-0.15, -0.1) is 0 Å². The molecule has 1 aromatic heterocycles. The highest BCUT2D eigenvalue weighted by Gasteiger charge is 2.02. The van der Waals surface area contributed by atoms with Crippen molar-refractivity contribution in [1.29, 1.82) is 0 Å². The molecule has 1 heterocycles. The molecule has 100 valence electrons. The van der Waals surface area contributed by atoms with Gasteiger partial charge in [-0.3, -0.25) is 4.98 Å². The van der Waals surface area contributed by atoms with Crippen LogP contribution in [0.2, 0.25) is 10.0 Å². The van der Waals surface area contributed by atoms with Crippen LogP contribution < -0.4 is 5.32 Å². The number of pyridine rings is 1. The summed E-state index contributed by atoms with van der Waals surface area (Å²) in [5.41, 5.74) is 2.12. The van der Waals surface area contributed by atoms with Gasteiger partial charge in [-0.2, -0.15) is 0 Å². The number of fused-ring (bicyclic) bond motifs is 1. The Hall–Kier alpha value is -1.77.